The van der Waals surface area contributed by atoms with E-state index in [1.165, 1.54) is 13.1 Å². The minimum Gasteiger partial charge on any atom is -0.399 e. The van der Waals surface area contributed by atoms with Crippen LogP contribution >= 0.6 is 0 Å². The molecule has 1 aliphatic heterocycles. The molecule has 0 aromatic heterocycles. The molecule has 8 nitrogen and oxygen atoms in total. The van der Waals surface area contributed by atoms with E-state index in [0.717, 1.165) is 29.3 Å². The average Bonchev–Trinajstić information content (AvgIpc) is 2.91. The van der Waals surface area contributed by atoms with Gasteiger partial charge in [-0.25, -0.2) is 8.42 Å². The summed E-state index contributed by atoms with van der Waals surface area (Å²) in [6, 6.07) is 3.51. The maximum Gasteiger partial charge on any atom is 0.289 e. The summed E-state index contributed by atoms with van der Waals surface area (Å²) >= 11 is 0. The van der Waals surface area contributed by atoms with E-state index in [1.54, 1.807) is 0 Å². The molecule has 2 N–H and O–H groups in total. The first-order valence-corrected chi connectivity index (χ1v) is 7.88. The fraction of sp³-hybridized carbons (Fsp3) is 0.500. The molecule has 0 bridgehead atoms. The number of rotatable bonds is 5. The SMILES string of the molecule is CN(CC1CCCO1)S(=O)(=O)c1cc(N)ccc1[N+](=O)[O-]. The number of nitrogens with two attached hydrogens (primary N) is 1. The number of benzene rings is 1. The maximum atomic E-state index is 12.5. The van der Waals surface area contributed by atoms with Crippen molar-refractivity contribution in [2.45, 2.75) is 23.8 Å². The molecule has 1 heterocycles. The molecular formula is C12H17N3O5S. The van der Waals surface area contributed by atoms with Gasteiger partial charge < -0.3 is 10.5 Å². The van der Waals surface area contributed by atoms with Gasteiger partial charge in [0.1, 0.15) is 0 Å². The number of nitro benzene ring substituents is 1. The van der Waals surface area contributed by atoms with Gasteiger partial charge in [0.25, 0.3) is 5.69 Å². The molecule has 21 heavy (non-hydrogen) atoms. The van der Waals surface area contributed by atoms with Crippen molar-refractivity contribution < 1.29 is 18.1 Å². The van der Waals surface area contributed by atoms with Crippen LogP contribution in [0.3, 0.4) is 0 Å². The maximum absolute atomic E-state index is 12.5. The molecule has 0 aliphatic carbocycles. The normalized spacial score (nSPS) is 19.0. The molecule has 1 saturated heterocycles. The molecule has 1 aromatic carbocycles. The molecule has 1 unspecified atom stereocenters. The Hall–Kier alpha value is -1.71. The zero-order valence-corrected chi connectivity index (χ0v) is 12.4. The molecule has 9 heteroatoms. The molecule has 116 valence electrons. The van der Waals surface area contributed by atoms with Crippen molar-refractivity contribution in [3.8, 4) is 0 Å². The molecule has 0 radical (unpaired) electrons. The highest BCUT2D eigenvalue weighted by atomic mass is 32.2. The second-order valence-electron chi connectivity index (χ2n) is 4.90. The van der Waals surface area contributed by atoms with Gasteiger partial charge in [-0.05, 0) is 25.0 Å². The Morgan fingerprint density at radius 3 is 2.81 bits per heavy atom. The number of nitrogen functional groups attached to an aromatic ring is 1. The topological polar surface area (TPSA) is 116 Å². The molecular weight excluding hydrogens is 298 g/mol. The van der Waals surface area contributed by atoms with Gasteiger partial charge in [-0.15, -0.1) is 0 Å². The van der Waals surface area contributed by atoms with Crippen LogP contribution in [0.4, 0.5) is 11.4 Å². The van der Waals surface area contributed by atoms with Crippen LogP contribution in [-0.2, 0) is 14.8 Å². The highest BCUT2D eigenvalue weighted by Crippen LogP contribution is 2.28. The van der Waals surface area contributed by atoms with Gasteiger partial charge in [-0.3, -0.25) is 10.1 Å². The van der Waals surface area contributed by atoms with Crippen LogP contribution in [0, 0.1) is 10.1 Å². The Morgan fingerprint density at radius 2 is 2.24 bits per heavy atom. The smallest absolute Gasteiger partial charge is 0.289 e. The summed E-state index contributed by atoms with van der Waals surface area (Å²) in [7, 11) is -2.61. The fourth-order valence-electron chi connectivity index (χ4n) is 2.23. The number of hydrogen-bond acceptors (Lipinski definition) is 6. The number of nitro groups is 1. The van der Waals surface area contributed by atoms with E-state index in [-0.39, 0.29) is 18.3 Å². The van der Waals surface area contributed by atoms with Crippen LogP contribution < -0.4 is 5.73 Å². The first-order valence-electron chi connectivity index (χ1n) is 6.44. The Labute approximate surface area is 122 Å². The van der Waals surface area contributed by atoms with Gasteiger partial charge in [-0.2, -0.15) is 4.31 Å². The third-order valence-electron chi connectivity index (χ3n) is 3.35. The fourth-order valence-corrected chi connectivity index (χ4v) is 3.62. The number of hydrogen-bond donors (Lipinski definition) is 1. The second-order valence-corrected chi connectivity index (χ2v) is 6.92. The molecule has 0 spiro atoms. The van der Waals surface area contributed by atoms with E-state index in [9.17, 15) is 18.5 Å². The zero-order chi connectivity index (χ0) is 15.6. The summed E-state index contributed by atoms with van der Waals surface area (Å²) < 4.78 is 31.5. The number of ether oxygens (including phenoxy) is 1. The number of likely N-dealkylation sites (N-methyl/N-ethyl adjacent to an activating group) is 1. The summed E-state index contributed by atoms with van der Waals surface area (Å²) in [6.07, 6.45) is 1.49. The molecule has 1 aromatic rings. The molecule has 1 fully saturated rings. The predicted molar refractivity (Wildman–Crippen MR) is 76.3 cm³/mol. The first kappa shape index (κ1) is 15.7. The molecule has 0 saturated carbocycles. The monoisotopic (exact) mass is 315 g/mol. The highest BCUT2D eigenvalue weighted by Gasteiger charge is 2.31. The Morgan fingerprint density at radius 1 is 1.52 bits per heavy atom. The van der Waals surface area contributed by atoms with E-state index in [4.69, 9.17) is 10.5 Å². The third-order valence-corrected chi connectivity index (χ3v) is 5.21. The lowest BCUT2D eigenvalue weighted by Crippen LogP contribution is -2.34. The quantitative estimate of drug-likeness (QED) is 0.492. The van der Waals surface area contributed by atoms with Crippen LogP contribution in [0.5, 0.6) is 0 Å². The lowest BCUT2D eigenvalue weighted by atomic mass is 10.2. The molecule has 0 amide bonds. The van der Waals surface area contributed by atoms with Crippen molar-refractivity contribution in [3.63, 3.8) is 0 Å². The average molecular weight is 315 g/mol. The lowest BCUT2D eigenvalue weighted by Gasteiger charge is -2.20. The van der Waals surface area contributed by atoms with Crippen LogP contribution in [0.2, 0.25) is 0 Å². The van der Waals surface area contributed by atoms with E-state index >= 15 is 0 Å². The van der Waals surface area contributed by atoms with E-state index in [0.29, 0.717) is 6.61 Å². The summed E-state index contributed by atoms with van der Waals surface area (Å²) in [4.78, 5) is 9.88. The van der Waals surface area contributed by atoms with Crippen LogP contribution in [-0.4, -0.2) is 43.9 Å². The second kappa shape index (κ2) is 5.96. The minimum atomic E-state index is -3.99. The van der Waals surface area contributed by atoms with Crippen molar-refractivity contribution in [2.24, 2.45) is 0 Å². The van der Waals surface area contributed by atoms with Gasteiger partial charge in [-0.1, -0.05) is 0 Å². The van der Waals surface area contributed by atoms with Crippen molar-refractivity contribution in [3.05, 3.63) is 28.3 Å². The Kier molecular flexibility index (Phi) is 4.45. The first-order chi connectivity index (χ1) is 9.82. The summed E-state index contributed by atoms with van der Waals surface area (Å²) in [5.41, 5.74) is 5.23. The van der Waals surface area contributed by atoms with Gasteiger partial charge in [0.05, 0.1) is 11.0 Å². The van der Waals surface area contributed by atoms with Crippen molar-refractivity contribution in [1.29, 1.82) is 0 Å². The highest BCUT2D eigenvalue weighted by molar-refractivity contribution is 7.89. The van der Waals surface area contributed by atoms with Crippen LogP contribution in [0.15, 0.2) is 23.1 Å². The molecule has 2 rings (SSSR count). The summed E-state index contributed by atoms with van der Waals surface area (Å²) in [5, 5.41) is 11.0. The number of sulfonamides is 1. The standard InChI is InChI=1S/C12H17N3O5S/c1-14(8-10-3-2-6-20-10)21(18,19)12-7-9(13)4-5-11(12)15(16)17/h4-5,7,10H,2-3,6,8,13H2,1H3. The lowest BCUT2D eigenvalue weighted by molar-refractivity contribution is -0.387. The largest absolute Gasteiger partial charge is 0.399 e. The summed E-state index contributed by atoms with van der Waals surface area (Å²) in [5.74, 6) is 0. The van der Waals surface area contributed by atoms with Crippen molar-refractivity contribution in [2.75, 3.05) is 25.9 Å². The van der Waals surface area contributed by atoms with Gasteiger partial charge in [0.15, 0.2) is 4.90 Å². The van der Waals surface area contributed by atoms with E-state index in [2.05, 4.69) is 0 Å². The Balaban J connectivity index is 2.33. The molecule has 1 atom stereocenters. The third kappa shape index (κ3) is 3.31. The van der Waals surface area contributed by atoms with Gasteiger partial charge in [0, 0.05) is 32.0 Å². The zero-order valence-electron chi connectivity index (χ0n) is 11.6. The molecule has 1 aliphatic rings. The van der Waals surface area contributed by atoms with E-state index in [1.807, 2.05) is 0 Å². The number of nitrogens with zero attached hydrogens (tertiary/aromatic N) is 2. The minimum absolute atomic E-state index is 0.157. The summed E-state index contributed by atoms with van der Waals surface area (Å²) in [6.45, 7) is 0.769. The van der Waals surface area contributed by atoms with Crippen LogP contribution in [0.25, 0.3) is 0 Å². The Bertz CT molecular complexity index is 640. The van der Waals surface area contributed by atoms with Crippen molar-refractivity contribution in [1.82, 2.24) is 4.31 Å². The van der Waals surface area contributed by atoms with E-state index < -0.39 is 25.5 Å². The van der Waals surface area contributed by atoms with Crippen LogP contribution in [0.1, 0.15) is 12.8 Å². The van der Waals surface area contributed by atoms with Crippen molar-refractivity contribution >= 4 is 21.4 Å². The number of anilines is 1. The van der Waals surface area contributed by atoms with Gasteiger partial charge >= 0.3 is 0 Å². The predicted octanol–water partition coefficient (Wildman–Crippen LogP) is 0.976. The van der Waals surface area contributed by atoms with Gasteiger partial charge in [0.2, 0.25) is 10.0 Å².